The summed E-state index contributed by atoms with van der Waals surface area (Å²) in [4.78, 5) is 6.93. The third kappa shape index (κ3) is 5.11. The Hall–Kier alpha value is -2.39. The molecule has 9 heteroatoms. The zero-order valence-corrected chi connectivity index (χ0v) is 17.3. The molecule has 152 valence electrons. The monoisotopic (exact) mass is 405 g/mol. The highest BCUT2D eigenvalue weighted by atomic mass is 32.2. The minimum Gasteiger partial charge on any atom is -0.370 e. The van der Waals surface area contributed by atoms with Gasteiger partial charge in [0.05, 0.1) is 24.2 Å². The highest BCUT2D eigenvalue weighted by molar-refractivity contribution is 7.90. The predicted molar refractivity (Wildman–Crippen MR) is 108 cm³/mol. The molecule has 0 aliphatic carbocycles. The maximum absolute atomic E-state index is 11.5. The van der Waals surface area contributed by atoms with Crippen molar-refractivity contribution in [2.45, 2.75) is 17.4 Å². The van der Waals surface area contributed by atoms with Gasteiger partial charge < -0.3 is 15.0 Å². The molecule has 1 N–H and O–H groups in total. The Morgan fingerprint density at radius 2 is 2.11 bits per heavy atom. The lowest BCUT2D eigenvalue weighted by Gasteiger charge is -2.34. The molecule has 0 radical (unpaired) electrons. The molecule has 1 aromatic carbocycles. The van der Waals surface area contributed by atoms with Gasteiger partial charge in [-0.15, -0.1) is 0 Å². The van der Waals surface area contributed by atoms with E-state index >= 15 is 0 Å². The van der Waals surface area contributed by atoms with E-state index in [1.807, 2.05) is 31.6 Å². The maximum Gasteiger partial charge on any atom is 0.193 e. The fraction of sp³-hybridized carbons (Fsp3) is 0.474. The molecule has 1 fully saturated rings. The van der Waals surface area contributed by atoms with E-state index in [-0.39, 0.29) is 6.10 Å². The van der Waals surface area contributed by atoms with Crippen molar-refractivity contribution in [3.05, 3.63) is 47.8 Å². The lowest BCUT2D eigenvalue weighted by Crippen LogP contribution is -2.48. The molecule has 2 heterocycles. The minimum absolute atomic E-state index is 0.0236. The normalized spacial score (nSPS) is 18.3. The number of guanidine groups is 1. The van der Waals surface area contributed by atoms with E-state index in [1.54, 1.807) is 23.9 Å². The van der Waals surface area contributed by atoms with Gasteiger partial charge in [-0.2, -0.15) is 5.10 Å². The largest absolute Gasteiger partial charge is 0.370 e. The first-order chi connectivity index (χ1) is 13.4. The van der Waals surface area contributed by atoms with Crippen LogP contribution in [0.15, 0.2) is 46.5 Å². The molecule has 1 aliphatic rings. The minimum atomic E-state index is -3.16. The van der Waals surface area contributed by atoms with Crippen LogP contribution < -0.4 is 5.32 Å². The fourth-order valence-electron chi connectivity index (χ4n) is 3.20. The van der Waals surface area contributed by atoms with E-state index in [2.05, 4.69) is 20.3 Å². The number of benzene rings is 1. The van der Waals surface area contributed by atoms with E-state index in [0.29, 0.717) is 24.6 Å². The van der Waals surface area contributed by atoms with Crippen molar-refractivity contribution in [3.8, 4) is 0 Å². The molecular formula is C19H27N5O3S. The number of sulfone groups is 1. The van der Waals surface area contributed by atoms with Gasteiger partial charge in [-0.3, -0.25) is 9.67 Å². The summed E-state index contributed by atoms with van der Waals surface area (Å²) < 4.78 is 30.8. The first kappa shape index (κ1) is 20.3. The number of aromatic nitrogens is 2. The molecule has 0 saturated carbocycles. The second-order valence-corrected chi connectivity index (χ2v) is 8.91. The number of aryl methyl sites for hydroxylation is 1. The molecule has 28 heavy (non-hydrogen) atoms. The van der Waals surface area contributed by atoms with E-state index in [4.69, 9.17) is 4.74 Å². The summed E-state index contributed by atoms with van der Waals surface area (Å²) in [6.45, 7) is 2.83. The van der Waals surface area contributed by atoms with Crippen molar-refractivity contribution >= 4 is 15.8 Å². The van der Waals surface area contributed by atoms with Crippen molar-refractivity contribution < 1.29 is 13.2 Å². The average molecular weight is 406 g/mol. The Kier molecular flexibility index (Phi) is 6.35. The maximum atomic E-state index is 11.5. The van der Waals surface area contributed by atoms with Crippen LogP contribution in [-0.4, -0.2) is 68.6 Å². The number of hydrogen-bond acceptors (Lipinski definition) is 5. The van der Waals surface area contributed by atoms with Crippen molar-refractivity contribution in [1.29, 1.82) is 0 Å². The smallest absolute Gasteiger partial charge is 0.193 e. The van der Waals surface area contributed by atoms with Crippen molar-refractivity contribution in [2.24, 2.45) is 12.0 Å². The summed E-state index contributed by atoms with van der Waals surface area (Å²) >= 11 is 0. The molecule has 1 aliphatic heterocycles. The molecule has 0 spiro atoms. The van der Waals surface area contributed by atoms with Crippen LogP contribution in [0.1, 0.15) is 17.2 Å². The highest BCUT2D eigenvalue weighted by Gasteiger charge is 2.25. The highest BCUT2D eigenvalue weighted by Crippen LogP contribution is 2.21. The van der Waals surface area contributed by atoms with Gasteiger partial charge in [0.1, 0.15) is 6.10 Å². The van der Waals surface area contributed by atoms with Crippen LogP contribution in [0.2, 0.25) is 0 Å². The van der Waals surface area contributed by atoms with Crippen LogP contribution in [0.5, 0.6) is 0 Å². The van der Waals surface area contributed by atoms with Crippen molar-refractivity contribution in [3.63, 3.8) is 0 Å². The Morgan fingerprint density at radius 1 is 1.36 bits per heavy atom. The summed E-state index contributed by atoms with van der Waals surface area (Å²) in [7, 11) is 0.514. The summed E-state index contributed by atoms with van der Waals surface area (Å²) in [6.07, 6.45) is 5.79. The quantitative estimate of drug-likeness (QED) is 0.590. The van der Waals surface area contributed by atoms with Crippen LogP contribution in [0.4, 0.5) is 0 Å². The van der Waals surface area contributed by atoms with Crippen LogP contribution in [0.25, 0.3) is 0 Å². The van der Waals surface area contributed by atoms with Gasteiger partial charge in [0.25, 0.3) is 0 Å². The molecule has 1 aromatic heterocycles. The number of ether oxygens (including phenoxy) is 1. The third-order valence-corrected chi connectivity index (χ3v) is 5.85. The number of nitrogens with one attached hydrogen (secondary N) is 1. The second-order valence-electron chi connectivity index (χ2n) is 6.89. The Labute approximate surface area is 166 Å². The average Bonchev–Trinajstić information content (AvgIpc) is 3.11. The van der Waals surface area contributed by atoms with Crippen molar-refractivity contribution in [1.82, 2.24) is 20.0 Å². The van der Waals surface area contributed by atoms with Crippen LogP contribution >= 0.6 is 0 Å². The number of rotatable bonds is 5. The second kappa shape index (κ2) is 8.74. The molecule has 1 saturated heterocycles. The number of aliphatic imine (C=N–C) groups is 1. The summed E-state index contributed by atoms with van der Waals surface area (Å²) in [5, 5.41) is 7.61. The standard InChI is InChI=1S/C19H27N5O3S/c1-20-19(21-9-8-15-4-6-17(7-5-15)28(3,25)26)24-10-11-27-18(14-24)16-12-22-23(2)13-16/h4-7,12-13,18H,8-11,14H2,1-3H3,(H,20,21). The Morgan fingerprint density at radius 3 is 2.71 bits per heavy atom. The number of hydrogen-bond donors (Lipinski definition) is 1. The summed E-state index contributed by atoms with van der Waals surface area (Å²) in [5.41, 5.74) is 2.14. The van der Waals surface area contributed by atoms with E-state index in [0.717, 1.165) is 30.1 Å². The van der Waals surface area contributed by atoms with Crippen molar-refractivity contribution in [2.75, 3.05) is 39.5 Å². The van der Waals surface area contributed by atoms with Gasteiger partial charge in [0.15, 0.2) is 15.8 Å². The van der Waals surface area contributed by atoms with Crippen LogP contribution in [0.3, 0.4) is 0 Å². The Bertz CT molecular complexity index is 921. The molecule has 0 bridgehead atoms. The van der Waals surface area contributed by atoms with Gasteiger partial charge in [0, 0.05) is 45.2 Å². The molecular weight excluding hydrogens is 378 g/mol. The summed E-state index contributed by atoms with van der Waals surface area (Å²) in [5.74, 6) is 0.838. The molecule has 0 amide bonds. The molecule has 1 unspecified atom stereocenters. The molecule has 1 atom stereocenters. The third-order valence-electron chi connectivity index (χ3n) is 4.72. The van der Waals surface area contributed by atoms with Gasteiger partial charge in [0.2, 0.25) is 0 Å². The zero-order chi connectivity index (χ0) is 20.1. The molecule has 2 aromatic rings. The van der Waals surface area contributed by atoms with Gasteiger partial charge in [-0.25, -0.2) is 8.42 Å². The molecule has 8 nitrogen and oxygen atoms in total. The number of morpholine rings is 1. The van der Waals surface area contributed by atoms with Crippen LogP contribution in [-0.2, 0) is 28.0 Å². The predicted octanol–water partition coefficient (Wildman–Crippen LogP) is 1.01. The first-order valence-electron chi connectivity index (χ1n) is 9.21. The molecule has 3 rings (SSSR count). The SMILES string of the molecule is CN=C(NCCc1ccc(S(C)(=O)=O)cc1)N1CCOC(c2cnn(C)c2)C1. The van der Waals surface area contributed by atoms with Gasteiger partial charge in [-0.1, -0.05) is 12.1 Å². The lowest BCUT2D eigenvalue weighted by atomic mass is 10.1. The summed E-state index contributed by atoms with van der Waals surface area (Å²) in [6, 6.07) is 7.02. The fourth-order valence-corrected chi connectivity index (χ4v) is 3.83. The van der Waals surface area contributed by atoms with E-state index in [9.17, 15) is 8.42 Å². The Balaban J connectivity index is 1.54. The first-order valence-corrected chi connectivity index (χ1v) is 11.1. The lowest BCUT2D eigenvalue weighted by molar-refractivity contribution is -0.00800. The van der Waals surface area contributed by atoms with E-state index in [1.165, 1.54) is 6.26 Å². The topological polar surface area (TPSA) is 88.8 Å². The van der Waals surface area contributed by atoms with Gasteiger partial charge in [-0.05, 0) is 24.1 Å². The van der Waals surface area contributed by atoms with Gasteiger partial charge >= 0.3 is 0 Å². The van der Waals surface area contributed by atoms with Crippen LogP contribution in [0, 0.1) is 0 Å². The zero-order valence-electron chi connectivity index (χ0n) is 16.5. The van der Waals surface area contributed by atoms with E-state index < -0.39 is 9.84 Å². The number of nitrogens with zero attached hydrogens (tertiary/aromatic N) is 4.